The maximum atomic E-state index is 10.5. The van der Waals surface area contributed by atoms with Gasteiger partial charge in [-0.25, -0.2) is 43.9 Å². The number of aryl methyl sites for hydroxylation is 2. The number of hydrogen-bond donors (Lipinski definition) is 16. The maximum absolute atomic E-state index is 10.5. The first-order chi connectivity index (χ1) is 61.9. The zero-order valence-corrected chi connectivity index (χ0v) is 91.0. The molecule has 792 valence electrons. The van der Waals surface area contributed by atoms with Crippen molar-refractivity contribution in [3.63, 3.8) is 0 Å². The summed E-state index contributed by atoms with van der Waals surface area (Å²) < 4.78 is 73.6. The van der Waals surface area contributed by atoms with E-state index in [0.29, 0.717) is 81.8 Å². The fourth-order valence-electron chi connectivity index (χ4n) is 6.58. The second-order valence-corrected chi connectivity index (χ2v) is 40.0. The van der Waals surface area contributed by atoms with Crippen molar-refractivity contribution >= 4 is 118 Å². The summed E-state index contributed by atoms with van der Waals surface area (Å²) in [5, 5.41) is 96.8. The van der Waals surface area contributed by atoms with Gasteiger partial charge in [-0.2, -0.15) is 4.33 Å². The third kappa shape index (κ3) is 134. The quantitative estimate of drug-likeness (QED) is 0.00730. The first-order valence-corrected chi connectivity index (χ1v) is 52.8. The molecule has 134 heavy (non-hydrogen) atoms. The molecule has 0 aliphatic heterocycles. The number of phosphoric acid groups is 1. The number of aliphatic carboxylic acids is 8. The van der Waals surface area contributed by atoms with E-state index in [4.69, 9.17) is 132 Å². The van der Waals surface area contributed by atoms with Crippen molar-refractivity contribution in [3.8, 4) is 0 Å². The van der Waals surface area contributed by atoms with Gasteiger partial charge < -0.3 is 107 Å². The largest absolute Gasteiger partial charge is 1.00 e. The van der Waals surface area contributed by atoms with Crippen LogP contribution in [0.25, 0.3) is 0 Å². The molecule has 0 aliphatic carbocycles. The molecule has 2 aromatic carbocycles. The summed E-state index contributed by atoms with van der Waals surface area (Å²) in [7, 11) is -7.20. The predicted molar refractivity (Wildman–Crippen MR) is 497 cm³/mol. The summed E-state index contributed by atoms with van der Waals surface area (Å²) in [5.41, 5.74) is 2.84. The number of phosphoric ester groups is 1. The minimum atomic E-state index is -4.37. The van der Waals surface area contributed by atoms with Crippen LogP contribution in [0.5, 0.6) is 0 Å². The Kier molecular flexibility index (Phi) is 128. The molecule has 5 atom stereocenters. The first-order valence-electron chi connectivity index (χ1n) is 42.2. The van der Waals surface area contributed by atoms with Crippen molar-refractivity contribution in [1.29, 1.82) is 0 Å². The molecule has 0 fully saturated rings. The van der Waals surface area contributed by atoms with E-state index in [0.717, 1.165) is 105 Å². The molecule has 0 heterocycles. The third-order valence-electron chi connectivity index (χ3n) is 15.3. The van der Waals surface area contributed by atoms with Crippen molar-refractivity contribution in [2.45, 2.75) is 251 Å². The van der Waals surface area contributed by atoms with E-state index in [9.17, 15) is 62.1 Å². The van der Waals surface area contributed by atoms with Crippen LogP contribution in [-0.2, 0) is 144 Å². The molecule has 46 nitrogen and oxygen atoms in total. The number of hydrogen-bond acceptors (Lipinski definition) is 33. The van der Waals surface area contributed by atoms with Crippen LogP contribution in [0.1, 0.15) is 242 Å². The monoisotopic (exact) mass is 2090 g/mol. The number of aromatic carboxylic acids is 1. The summed E-state index contributed by atoms with van der Waals surface area (Å²) in [4.78, 5) is 168. The number of carboxylic acids is 9. The number of carbonyl (C=O) groups is 9. The standard InChI is InChI=1S/C10H24O5Si.C10H12O2.C9H22O5Si.C9H12O3S.C7H17O6P.C6H10O4.C5H8O4.C5H10O2.2C4H8O2.C3H9O3P.C3H8O3S.C3H6O2.C2H7O3P.Na/c1-6-10(2)9-15-14-7-8-16(11-3,12-4)13-5;1-2-3-8-4-6-9(7-5-8)10(11)12;1-5-6-7-13-14-8-9-15(10-2,11-3)12-4;1-2-3-8-4-6-9(7-5-8)13-12-11-10;1-3-7(2)6-12-11-4-5-13-14(8,9)10;1-2-4(6(9)10)3-5(7)8;1-3(5(8)9)2-4(6)7;1-3-4(2)5(6)7;1-3(2)4(5)6;1-2-3-4(5)6;1-2-3-7(4,5)6;1-2-3-7-6-5-4;1-2-3(4)5;1-2-6(3,4)5;/h10H,6-9H2,1-5H3;4-7H,2-3H2,1H3,(H,11,12);5-9H2,1-4H3;4-7,10H,2-3H2,1H3;7H,3-6H2,1-2H3,(H2,8,9,10);4H,2-3H2,1H3,(H,7,8)(H,9,10);3H,2H2,1H3,(H,6,7)(H,8,9);4H,3H2,1-2H3,(H,6,7);3H,1-2H3,(H,5,6);2-3H2,1H3,(H,5,6);2-3H2,1H3,(H2,4,5,6);4H,2-3H2,1H3;2H2,1H3,(H,4,5);2H2,1H3,(H2,3,4,5);/q;;;;;;;;;;;;;;+1/p-1. The van der Waals surface area contributed by atoms with Crippen molar-refractivity contribution in [2.24, 2.45) is 35.5 Å². The Balaban J connectivity index is -0.000000108. The molecule has 2 rings (SSSR count). The van der Waals surface area contributed by atoms with Crippen molar-refractivity contribution in [1.82, 2.24) is 0 Å². The Labute approximate surface area is 823 Å². The number of unbranched alkanes of at least 4 members (excludes halogenated alkanes) is 1. The minimum Gasteiger partial charge on any atom is -0.691 e. The Bertz CT molecular complexity index is 3160. The topological polar surface area (TPSA) is 708 Å². The summed E-state index contributed by atoms with van der Waals surface area (Å²) in [6.45, 7) is 35.4. The fraction of sp³-hybridized carbons (Fsp3) is 0.738. The van der Waals surface area contributed by atoms with Crippen molar-refractivity contribution in [2.75, 3.05) is 107 Å². The summed E-state index contributed by atoms with van der Waals surface area (Å²) in [6.07, 6.45) is 11.7. The number of benzene rings is 2. The molecule has 0 aromatic heterocycles. The molecule has 0 spiro atoms. The minimum absolute atomic E-state index is 0. The average molecular weight is 2090 g/mol. The maximum Gasteiger partial charge on any atom is 1.00 e. The van der Waals surface area contributed by atoms with Gasteiger partial charge in [0.1, 0.15) is 6.61 Å². The second-order valence-electron chi connectivity index (χ2n) is 27.3. The van der Waals surface area contributed by atoms with E-state index >= 15 is 0 Å². The van der Waals surface area contributed by atoms with Gasteiger partial charge in [0.15, 0.2) is 0 Å². The third-order valence-corrected chi connectivity index (χ3v) is 24.4. The van der Waals surface area contributed by atoms with Gasteiger partial charge in [0.05, 0.1) is 93.8 Å². The summed E-state index contributed by atoms with van der Waals surface area (Å²) in [6, 6.07) is 16.0. The molecule has 0 bridgehead atoms. The van der Waals surface area contributed by atoms with Crippen LogP contribution in [0.4, 0.5) is 0 Å². The molecule has 0 amide bonds. The first kappa shape index (κ1) is 158. The van der Waals surface area contributed by atoms with Gasteiger partial charge in [0, 0.05) is 103 Å². The Morgan fingerprint density at radius 1 is 0.433 bits per heavy atom. The normalized spacial score (nSPS) is 11.6. The Morgan fingerprint density at radius 3 is 1.04 bits per heavy atom. The molecular weight excluding hydrogens is 1930 g/mol. The molecule has 0 aliphatic rings. The van der Waals surface area contributed by atoms with Crippen LogP contribution in [-0.4, -0.2) is 259 Å². The SMILES string of the molecule is CC(C)C(=O)O.CC(CC(=O)O)C(=O)O.CCC(=O)O.CCC(C)C(=O)O.CCC(C)COOCCOP(=O)(O)O.CCC(C)COOCC[Si](OC)(OC)OC.CCC(CC(=O)O)C(=O)O.CCCC(=O)O.CCCCOOCC[Si](OC)(OC)OC.CCCP(=O)(O)O.CCCSOOO.CCCc1ccc(C(=O)O)cc1.CCCc1ccc(SOO[O-])cc1.CCP(=O)(O)O.[Na+]. The summed E-state index contributed by atoms with van der Waals surface area (Å²) in [5.74, 6) is -8.21. The van der Waals surface area contributed by atoms with Crippen LogP contribution < -0.4 is 34.8 Å². The van der Waals surface area contributed by atoms with E-state index in [1.54, 1.807) is 96.3 Å². The predicted octanol–water partition coefficient (Wildman–Crippen LogP) is 11.9. The van der Waals surface area contributed by atoms with Crippen LogP contribution in [0, 0.1) is 35.5 Å². The van der Waals surface area contributed by atoms with E-state index in [1.807, 2.05) is 71.0 Å². The second kappa shape index (κ2) is 109. The average Bonchev–Trinajstić information content (AvgIpc) is 0.904. The molecule has 2 aromatic rings. The van der Waals surface area contributed by atoms with Gasteiger partial charge in [-0.1, -0.05) is 186 Å². The Hall–Kier alpha value is -4.51. The number of rotatable bonds is 56. The van der Waals surface area contributed by atoms with Crippen LogP contribution in [0.15, 0.2) is 53.4 Å². The number of carboxylic acid groups (broad SMARTS) is 9. The van der Waals surface area contributed by atoms with Crippen LogP contribution in [0.2, 0.25) is 12.1 Å². The van der Waals surface area contributed by atoms with E-state index in [-0.39, 0.29) is 86.2 Å². The smallest absolute Gasteiger partial charge is 0.691 e. The van der Waals surface area contributed by atoms with Gasteiger partial charge in [-0.05, 0) is 98.6 Å². The van der Waals surface area contributed by atoms with Gasteiger partial charge in [-0.15, -0.1) is 4.33 Å². The molecule has 54 heteroatoms. The molecule has 0 radical (unpaired) electrons. The van der Waals surface area contributed by atoms with Gasteiger partial charge in [0.25, 0.3) is 0 Å². The van der Waals surface area contributed by atoms with Crippen molar-refractivity contribution < 1.29 is 251 Å². The van der Waals surface area contributed by atoms with Gasteiger partial charge >= 0.3 is 124 Å². The van der Waals surface area contributed by atoms with E-state index in [1.165, 1.54) is 25.0 Å². The summed E-state index contributed by atoms with van der Waals surface area (Å²) >= 11 is 1.99. The molecule has 0 saturated carbocycles. The van der Waals surface area contributed by atoms with Crippen LogP contribution >= 0.6 is 47.1 Å². The van der Waals surface area contributed by atoms with Gasteiger partial charge in [-0.3, -0.25) is 57.0 Å². The molecule has 16 N–H and O–H groups in total. The van der Waals surface area contributed by atoms with E-state index in [2.05, 4.69) is 62.8 Å². The fourth-order valence-corrected chi connectivity index (χ4v) is 11.0. The van der Waals surface area contributed by atoms with Crippen LogP contribution in [0.3, 0.4) is 0 Å². The zero-order valence-electron chi connectivity index (χ0n) is 82.7. The molecule has 0 saturated heterocycles. The molecule has 5 unspecified atom stereocenters. The Morgan fingerprint density at radius 2 is 0.821 bits per heavy atom. The molecular formula is C80H160NaO46P3S2Si2. The van der Waals surface area contributed by atoms with Crippen molar-refractivity contribution in [3.05, 3.63) is 65.2 Å². The zero-order chi connectivity index (χ0) is 106. The van der Waals surface area contributed by atoms with Gasteiger partial charge in [0.2, 0.25) is 0 Å². The van der Waals surface area contributed by atoms with E-state index < -0.39 is 106 Å².